The van der Waals surface area contributed by atoms with Gasteiger partial charge in [0, 0.05) is 12.2 Å². The maximum absolute atomic E-state index is 12.9. The summed E-state index contributed by atoms with van der Waals surface area (Å²) >= 11 is 0. The van der Waals surface area contributed by atoms with Gasteiger partial charge in [-0.15, -0.1) is 0 Å². The minimum absolute atomic E-state index is 0.000224. The number of aryl methyl sites for hydroxylation is 1. The van der Waals surface area contributed by atoms with Gasteiger partial charge in [0.25, 0.3) is 5.91 Å². The molecule has 1 aliphatic rings. The molecule has 1 aliphatic heterocycles. The Morgan fingerprint density at radius 2 is 2.07 bits per heavy atom. The largest absolute Gasteiger partial charge is 0.468 e. The molecule has 1 atom stereocenters. The molecule has 1 unspecified atom stereocenters. The number of hydrogen-bond donors (Lipinski definition) is 2. The lowest BCUT2D eigenvalue weighted by atomic mass is 10.1. The number of nitrogens with zero attached hydrogens (tertiary/aromatic N) is 1. The van der Waals surface area contributed by atoms with E-state index in [1.165, 1.54) is 13.5 Å². The van der Waals surface area contributed by atoms with Crippen LogP contribution in [-0.4, -0.2) is 48.5 Å². The van der Waals surface area contributed by atoms with E-state index < -0.39 is 5.97 Å². The summed E-state index contributed by atoms with van der Waals surface area (Å²) in [6, 6.07) is 3.83. The summed E-state index contributed by atoms with van der Waals surface area (Å²) in [6.07, 6.45) is 5.83. The van der Waals surface area contributed by atoms with Crippen molar-refractivity contribution >= 4 is 11.9 Å². The quantitative estimate of drug-likeness (QED) is 0.712. The minimum Gasteiger partial charge on any atom is -0.468 e. The van der Waals surface area contributed by atoms with E-state index in [1.54, 1.807) is 13.2 Å². The first-order valence-electron chi connectivity index (χ1n) is 9.92. The summed E-state index contributed by atoms with van der Waals surface area (Å²) in [5, 5.41) is 3.02. The van der Waals surface area contributed by atoms with E-state index in [-0.39, 0.29) is 11.9 Å². The minimum atomic E-state index is -0.425. The van der Waals surface area contributed by atoms with Crippen LogP contribution in [0, 0.1) is 6.92 Å². The maximum Gasteiger partial charge on any atom is 0.339 e. The highest BCUT2D eigenvalue weighted by molar-refractivity contribution is 6.00. The first kappa shape index (κ1) is 20.2. The first-order valence-corrected chi connectivity index (χ1v) is 9.92. The summed E-state index contributed by atoms with van der Waals surface area (Å²) in [6.45, 7) is 6.14. The number of amides is 1. The van der Waals surface area contributed by atoms with Crippen molar-refractivity contribution in [3.8, 4) is 0 Å². The molecule has 0 aliphatic carbocycles. The highest BCUT2D eigenvalue weighted by atomic mass is 16.5. The number of rotatable bonds is 7. The summed E-state index contributed by atoms with van der Waals surface area (Å²) in [4.78, 5) is 30.4. The van der Waals surface area contributed by atoms with Crippen molar-refractivity contribution in [3.05, 3.63) is 46.7 Å². The van der Waals surface area contributed by atoms with E-state index in [0.29, 0.717) is 35.5 Å². The second-order valence-corrected chi connectivity index (χ2v) is 7.16. The van der Waals surface area contributed by atoms with Crippen molar-refractivity contribution in [1.82, 2.24) is 15.2 Å². The summed E-state index contributed by atoms with van der Waals surface area (Å²) < 4.78 is 10.5. The molecule has 0 bridgehead atoms. The summed E-state index contributed by atoms with van der Waals surface area (Å²) in [5.74, 6) is 0.206. The Kier molecular flexibility index (Phi) is 6.57. The molecule has 0 saturated carbocycles. The first-order chi connectivity index (χ1) is 13.6. The Morgan fingerprint density at radius 3 is 2.68 bits per heavy atom. The van der Waals surface area contributed by atoms with Crippen LogP contribution in [0.2, 0.25) is 0 Å². The van der Waals surface area contributed by atoms with Crippen LogP contribution < -0.4 is 5.32 Å². The third-order valence-electron chi connectivity index (χ3n) is 5.46. The lowest BCUT2D eigenvalue weighted by Gasteiger charge is -2.33. The third kappa shape index (κ3) is 4.14. The van der Waals surface area contributed by atoms with Crippen LogP contribution in [0.5, 0.6) is 0 Å². The van der Waals surface area contributed by atoms with Crippen molar-refractivity contribution in [2.75, 3.05) is 26.7 Å². The Labute approximate surface area is 165 Å². The number of hydrogen-bond acceptors (Lipinski definition) is 5. The number of piperidine rings is 1. The van der Waals surface area contributed by atoms with Crippen molar-refractivity contribution < 1.29 is 18.7 Å². The van der Waals surface area contributed by atoms with Crippen LogP contribution >= 0.6 is 0 Å². The second kappa shape index (κ2) is 9.10. The van der Waals surface area contributed by atoms with Crippen molar-refractivity contribution in [2.45, 2.75) is 45.6 Å². The molecule has 3 rings (SSSR count). The average Bonchev–Trinajstić information content (AvgIpc) is 3.36. The number of esters is 1. The van der Waals surface area contributed by atoms with E-state index in [9.17, 15) is 9.59 Å². The van der Waals surface area contributed by atoms with Crippen LogP contribution in [0.1, 0.15) is 70.1 Å². The van der Waals surface area contributed by atoms with E-state index >= 15 is 0 Å². The molecule has 1 amide bonds. The van der Waals surface area contributed by atoms with Gasteiger partial charge in [-0.1, -0.05) is 13.3 Å². The van der Waals surface area contributed by atoms with Gasteiger partial charge < -0.3 is 19.5 Å². The molecular formula is C21H29N3O4. The van der Waals surface area contributed by atoms with Gasteiger partial charge in [0.2, 0.25) is 0 Å². The number of likely N-dealkylation sites (tertiary alicyclic amines) is 1. The number of carbonyl (C=O) groups excluding carboxylic acids is 2. The molecule has 0 aromatic carbocycles. The maximum atomic E-state index is 12.9. The number of ether oxygens (including phenoxy) is 1. The summed E-state index contributed by atoms with van der Waals surface area (Å²) in [5.41, 5.74) is 2.20. The number of methoxy groups -OCH3 is 1. The highest BCUT2D eigenvalue weighted by Crippen LogP contribution is 2.25. The monoisotopic (exact) mass is 387 g/mol. The SMILES string of the molecule is CCc1[nH]c(C(=O)NCC(c2ccco2)N2CCCCC2)c(C)c1C(=O)OC. The molecule has 3 heterocycles. The molecule has 1 fully saturated rings. The fourth-order valence-corrected chi connectivity index (χ4v) is 3.93. The van der Waals surface area contributed by atoms with E-state index in [1.807, 2.05) is 19.1 Å². The smallest absolute Gasteiger partial charge is 0.339 e. The number of carbonyl (C=O) groups is 2. The number of H-pyrrole nitrogens is 1. The fourth-order valence-electron chi connectivity index (χ4n) is 3.93. The molecule has 7 nitrogen and oxygen atoms in total. The number of aromatic nitrogens is 1. The Morgan fingerprint density at radius 1 is 1.32 bits per heavy atom. The molecule has 7 heteroatoms. The van der Waals surface area contributed by atoms with Crippen LogP contribution in [0.25, 0.3) is 0 Å². The predicted octanol–water partition coefficient (Wildman–Crippen LogP) is 3.22. The van der Waals surface area contributed by atoms with E-state index in [0.717, 1.165) is 31.7 Å². The van der Waals surface area contributed by atoms with Gasteiger partial charge >= 0.3 is 5.97 Å². The van der Waals surface area contributed by atoms with Crippen LogP contribution in [0.15, 0.2) is 22.8 Å². The topological polar surface area (TPSA) is 87.6 Å². The van der Waals surface area contributed by atoms with Gasteiger partial charge in [0.1, 0.15) is 11.5 Å². The van der Waals surface area contributed by atoms with Gasteiger partial charge in [-0.25, -0.2) is 4.79 Å². The standard InChI is InChI=1S/C21H29N3O4/c1-4-15-18(21(26)27-3)14(2)19(23-15)20(25)22-13-16(17-9-8-12-28-17)24-10-6-5-7-11-24/h8-9,12,16,23H,4-7,10-11,13H2,1-3H3,(H,22,25). The van der Waals surface area contributed by atoms with Gasteiger partial charge in [-0.05, 0) is 57.0 Å². The van der Waals surface area contributed by atoms with Crippen molar-refractivity contribution in [2.24, 2.45) is 0 Å². The molecule has 1 saturated heterocycles. The molecule has 2 aromatic heterocycles. The third-order valence-corrected chi connectivity index (χ3v) is 5.46. The number of nitrogens with one attached hydrogen (secondary N) is 2. The van der Waals surface area contributed by atoms with Crippen LogP contribution in [-0.2, 0) is 11.2 Å². The zero-order chi connectivity index (χ0) is 20.1. The lowest BCUT2D eigenvalue weighted by Crippen LogP contribution is -2.40. The number of aromatic amines is 1. The van der Waals surface area contributed by atoms with Crippen LogP contribution in [0.3, 0.4) is 0 Å². The Hall–Kier alpha value is -2.54. The lowest BCUT2D eigenvalue weighted by molar-refractivity contribution is 0.0599. The summed E-state index contributed by atoms with van der Waals surface area (Å²) in [7, 11) is 1.35. The molecule has 152 valence electrons. The van der Waals surface area contributed by atoms with Crippen molar-refractivity contribution in [1.29, 1.82) is 0 Å². The van der Waals surface area contributed by atoms with Gasteiger partial charge in [0.15, 0.2) is 0 Å². The van der Waals surface area contributed by atoms with Crippen LogP contribution in [0.4, 0.5) is 0 Å². The normalized spacial score (nSPS) is 16.0. The molecule has 2 N–H and O–H groups in total. The highest BCUT2D eigenvalue weighted by Gasteiger charge is 2.27. The fraction of sp³-hybridized carbons (Fsp3) is 0.524. The molecule has 0 spiro atoms. The molecule has 2 aromatic rings. The Balaban J connectivity index is 1.76. The van der Waals surface area contributed by atoms with Gasteiger partial charge in [-0.2, -0.15) is 0 Å². The van der Waals surface area contributed by atoms with Gasteiger partial charge in [-0.3, -0.25) is 9.69 Å². The molecule has 0 radical (unpaired) electrons. The van der Waals surface area contributed by atoms with Gasteiger partial charge in [0.05, 0.1) is 25.0 Å². The second-order valence-electron chi connectivity index (χ2n) is 7.16. The van der Waals surface area contributed by atoms with Crippen molar-refractivity contribution in [3.63, 3.8) is 0 Å². The molecular weight excluding hydrogens is 358 g/mol. The predicted molar refractivity (Wildman–Crippen MR) is 105 cm³/mol. The number of furan rings is 1. The zero-order valence-electron chi connectivity index (χ0n) is 16.8. The van der Waals surface area contributed by atoms with E-state index in [4.69, 9.17) is 9.15 Å². The Bertz CT molecular complexity index is 804. The molecule has 28 heavy (non-hydrogen) atoms. The average molecular weight is 387 g/mol. The zero-order valence-corrected chi connectivity index (χ0v) is 16.8. The van der Waals surface area contributed by atoms with E-state index in [2.05, 4.69) is 15.2 Å².